The SMILES string of the molecule is C=C1C2CC[C@H]3[C@@]45CO[C@@](O)(C(OC(C)=O)[C@@H]4C(C)(C)CCC5O)[C@]3(C2)C1OC(C)=O. The van der Waals surface area contributed by atoms with Crippen LogP contribution in [0.3, 0.4) is 0 Å². The normalized spacial score (nSPS) is 51.6. The smallest absolute Gasteiger partial charge is 0.303 e. The highest BCUT2D eigenvalue weighted by Gasteiger charge is 2.85. The molecule has 4 unspecified atom stereocenters. The molecule has 2 spiro atoms. The molecule has 172 valence electrons. The van der Waals surface area contributed by atoms with E-state index in [2.05, 4.69) is 20.4 Å². The van der Waals surface area contributed by atoms with Gasteiger partial charge in [-0.1, -0.05) is 20.4 Å². The molecule has 6 aliphatic rings. The molecule has 2 saturated heterocycles. The van der Waals surface area contributed by atoms with Crippen LogP contribution < -0.4 is 0 Å². The van der Waals surface area contributed by atoms with Gasteiger partial charge in [-0.05, 0) is 54.9 Å². The van der Waals surface area contributed by atoms with E-state index >= 15 is 0 Å². The van der Waals surface area contributed by atoms with E-state index in [-0.39, 0.29) is 29.8 Å². The van der Waals surface area contributed by atoms with Gasteiger partial charge in [0.2, 0.25) is 5.79 Å². The minimum atomic E-state index is -1.82. The van der Waals surface area contributed by atoms with Crippen LogP contribution in [0.2, 0.25) is 0 Å². The van der Waals surface area contributed by atoms with Gasteiger partial charge in [-0.15, -0.1) is 0 Å². The molecule has 0 aromatic carbocycles. The molecule has 2 aliphatic heterocycles. The molecule has 31 heavy (non-hydrogen) atoms. The summed E-state index contributed by atoms with van der Waals surface area (Å²) in [5, 5.41) is 23.9. The van der Waals surface area contributed by atoms with E-state index in [0.29, 0.717) is 12.8 Å². The number of carbonyl (C=O) groups excluding carboxylic acids is 2. The zero-order valence-corrected chi connectivity index (χ0v) is 18.8. The van der Waals surface area contributed by atoms with Crippen molar-refractivity contribution in [3.8, 4) is 0 Å². The molecule has 7 nitrogen and oxygen atoms in total. The van der Waals surface area contributed by atoms with Crippen LogP contribution in [-0.4, -0.2) is 52.9 Å². The Morgan fingerprint density at radius 2 is 1.81 bits per heavy atom. The molecule has 0 amide bonds. The van der Waals surface area contributed by atoms with Gasteiger partial charge < -0.3 is 24.4 Å². The fourth-order valence-corrected chi connectivity index (χ4v) is 8.67. The Morgan fingerprint density at radius 1 is 1.13 bits per heavy atom. The largest absolute Gasteiger partial charge is 0.457 e. The van der Waals surface area contributed by atoms with Gasteiger partial charge in [-0.3, -0.25) is 9.59 Å². The predicted octanol–water partition coefficient (Wildman–Crippen LogP) is 2.34. The molecule has 0 aromatic heterocycles. The molecule has 9 atom stereocenters. The van der Waals surface area contributed by atoms with Crippen molar-refractivity contribution in [3.63, 3.8) is 0 Å². The van der Waals surface area contributed by atoms with Crippen molar-refractivity contribution in [2.45, 2.75) is 83.9 Å². The van der Waals surface area contributed by atoms with Crippen molar-refractivity contribution in [2.24, 2.45) is 34.0 Å². The summed E-state index contributed by atoms with van der Waals surface area (Å²) in [5.74, 6) is -3.08. The van der Waals surface area contributed by atoms with Gasteiger partial charge in [0, 0.05) is 25.2 Å². The van der Waals surface area contributed by atoms with E-state index < -0.39 is 46.9 Å². The second-order valence-electron chi connectivity index (χ2n) is 11.3. The summed E-state index contributed by atoms with van der Waals surface area (Å²) in [6.07, 6.45) is 1.24. The van der Waals surface area contributed by atoms with Crippen molar-refractivity contribution < 1.29 is 34.0 Å². The highest BCUT2D eigenvalue weighted by molar-refractivity contribution is 5.67. The molecule has 4 aliphatic carbocycles. The number of rotatable bonds is 2. The maximum absolute atomic E-state index is 12.3. The predicted molar refractivity (Wildman–Crippen MR) is 109 cm³/mol. The molecule has 4 saturated carbocycles. The lowest BCUT2D eigenvalue weighted by atomic mass is 9.36. The van der Waals surface area contributed by atoms with Crippen LogP contribution in [-0.2, 0) is 23.8 Å². The van der Waals surface area contributed by atoms with Crippen LogP contribution in [0.1, 0.15) is 59.8 Å². The summed E-state index contributed by atoms with van der Waals surface area (Å²) < 4.78 is 17.9. The van der Waals surface area contributed by atoms with Crippen molar-refractivity contribution in [1.29, 1.82) is 0 Å². The average Bonchev–Trinajstić information content (AvgIpc) is 2.87. The lowest BCUT2D eigenvalue weighted by molar-refractivity contribution is -0.465. The minimum absolute atomic E-state index is 0.0918. The lowest BCUT2D eigenvalue weighted by Crippen LogP contribution is -2.84. The van der Waals surface area contributed by atoms with E-state index in [1.54, 1.807) is 0 Å². The molecule has 4 bridgehead atoms. The van der Waals surface area contributed by atoms with E-state index in [4.69, 9.17) is 14.2 Å². The van der Waals surface area contributed by atoms with Gasteiger partial charge in [0.05, 0.1) is 18.1 Å². The first-order chi connectivity index (χ1) is 14.4. The van der Waals surface area contributed by atoms with Crippen molar-refractivity contribution in [3.05, 3.63) is 12.2 Å². The van der Waals surface area contributed by atoms with Gasteiger partial charge in [-0.2, -0.15) is 0 Å². The Labute approximate surface area is 183 Å². The molecular weight excluding hydrogens is 400 g/mol. The number of esters is 2. The first-order valence-electron chi connectivity index (χ1n) is 11.5. The van der Waals surface area contributed by atoms with Crippen LogP contribution in [0.4, 0.5) is 0 Å². The van der Waals surface area contributed by atoms with E-state index in [0.717, 1.165) is 24.8 Å². The number of hydrogen-bond acceptors (Lipinski definition) is 7. The standard InChI is InChI=1S/C24H34O7/c1-12-15-6-7-16-22-11-29-24(28,23(16,10-15)19(12)30-13(2)25)20(31-14(3)26)18(22)21(4,5)9-8-17(22)27/h15-20,27-28H,1,6-11H2,2-5H3/t15?,16-,17?,18+,19?,20?,22+,23-,24-/m0/s1. The molecule has 0 aromatic rings. The third-order valence-electron chi connectivity index (χ3n) is 9.57. The van der Waals surface area contributed by atoms with Crippen LogP contribution in [0, 0.1) is 34.0 Å². The summed E-state index contributed by atoms with van der Waals surface area (Å²) in [6, 6.07) is 0. The molecule has 2 heterocycles. The first-order valence-corrected chi connectivity index (χ1v) is 11.5. The molecule has 6 fully saturated rings. The summed E-state index contributed by atoms with van der Waals surface area (Å²) in [6.45, 7) is 11.4. The summed E-state index contributed by atoms with van der Waals surface area (Å²) in [5.41, 5.74) is -1.17. The van der Waals surface area contributed by atoms with Gasteiger partial charge in [-0.25, -0.2) is 0 Å². The topological polar surface area (TPSA) is 102 Å². The van der Waals surface area contributed by atoms with Crippen LogP contribution in [0.5, 0.6) is 0 Å². The second-order valence-corrected chi connectivity index (χ2v) is 11.3. The van der Waals surface area contributed by atoms with E-state index in [1.807, 2.05) is 0 Å². The molecule has 6 rings (SSSR count). The van der Waals surface area contributed by atoms with Crippen molar-refractivity contribution >= 4 is 11.9 Å². The highest BCUT2D eigenvalue weighted by Crippen LogP contribution is 2.78. The van der Waals surface area contributed by atoms with Gasteiger partial charge in [0.1, 0.15) is 6.10 Å². The summed E-state index contributed by atoms with van der Waals surface area (Å²) >= 11 is 0. The molecular formula is C24H34O7. The fourth-order valence-electron chi connectivity index (χ4n) is 8.67. The second kappa shape index (κ2) is 6.33. The quantitative estimate of drug-likeness (QED) is 0.508. The summed E-state index contributed by atoms with van der Waals surface area (Å²) in [4.78, 5) is 24.3. The number of hydrogen-bond donors (Lipinski definition) is 2. The molecule has 7 heteroatoms. The van der Waals surface area contributed by atoms with Gasteiger partial charge in [0.25, 0.3) is 0 Å². The number of carbonyl (C=O) groups is 2. The van der Waals surface area contributed by atoms with E-state index in [1.165, 1.54) is 13.8 Å². The average molecular weight is 435 g/mol. The zero-order chi connectivity index (χ0) is 22.6. The highest BCUT2D eigenvalue weighted by atomic mass is 16.7. The Bertz CT molecular complexity index is 851. The van der Waals surface area contributed by atoms with Crippen LogP contribution >= 0.6 is 0 Å². The van der Waals surface area contributed by atoms with Crippen molar-refractivity contribution in [1.82, 2.24) is 0 Å². The summed E-state index contributed by atoms with van der Waals surface area (Å²) in [7, 11) is 0. The monoisotopic (exact) mass is 434 g/mol. The Hall–Kier alpha value is -1.44. The van der Waals surface area contributed by atoms with Gasteiger partial charge in [0.15, 0.2) is 6.10 Å². The van der Waals surface area contributed by atoms with Crippen molar-refractivity contribution in [2.75, 3.05) is 6.61 Å². The number of fused-ring (bicyclic) bond motifs is 2. The number of aliphatic hydroxyl groups is 2. The molecule has 2 N–H and O–H groups in total. The Kier molecular flexibility index (Phi) is 4.37. The fraction of sp³-hybridized carbons (Fsp3) is 0.833. The lowest BCUT2D eigenvalue weighted by Gasteiger charge is -2.75. The zero-order valence-electron chi connectivity index (χ0n) is 18.8. The first kappa shape index (κ1) is 21.4. The van der Waals surface area contributed by atoms with E-state index in [9.17, 15) is 19.8 Å². The molecule has 0 radical (unpaired) electrons. The maximum atomic E-state index is 12.3. The maximum Gasteiger partial charge on any atom is 0.303 e. The number of aliphatic hydroxyl groups excluding tert-OH is 1. The Balaban J connectivity index is 1.77. The minimum Gasteiger partial charge on any atom is -0.457 e. The number of ether oxygens (including phenoxy) is 3. The third kappa shape index (κ3) is 2.35. The van der Waals surface area contributed by atoms with Crippen LogP contribution in [0.25, 0.3) is 0 Å². The van der Waals surface area contributed by atoms with Crippen LogP contribution in [0.15, 0.2) is 12.2 Å². The third-order valence-corrected chi connectivity index (χ3v) is 9.57. The Morgan fingerprint density at radius 3 is 2.45 bits per heavy atom. The van der Waals surface area contributed by atoms with Gasteiger partial charge >= 0.3 is 11.9 Å².